The van der Waals surface area contributed by atoms with Crippen LogP contribution in [-0.2, 0) is 9.53 Å². The Morgan fingerprint density at radius 2 is 1.91 bits per heavy atom. The van der Waals surface area contributed by atoms with Gasteiger partial charge in [-0.2, -0.15) is 21.9 Å². The fourth-order valence-corrected chi connectivity index (χ4v) is 4.00. The second-order valence-corrected chi connectivity index (χ2v) is 7.22. The first-order chi connectivity index (χ1) is 10.4. The highest BCUT2D eigenvalue weighted by molar-refractivity contribution is 7.80. The van der Waals surface area contributed by atoms with Gasteiger partial charge in [-0.05, 0) is 26.7 Å². The number of carbonyl (C=O) groups excluding carboxylic acids is 1. The fraction of sp³-hybridized carbons (Fsp3) is 0.875. The molecule has 0 aromatic heterocycles. The van der Waals surface area contributed by atoms with Crippen LogP contribution in [0, 0.1) is 5.92 Å². The number of likely N-dealkylation sites (tertiary alicyclic amines) is 1. The van der Waals surface area contributed by atoms with Crippen molar-refractivity contribution in [3.05, 3.63) is 0 Å². The van der Waals surface area contributed by atoms with Gasteiger partial charge >= 0.3 is 12.0 Å². The van der Waals surface area contributed by atoms with Crippen LogP contribution in [0.1, 0.15) is 52.4 Å². The predicted octanol–water partition coefficient (Wildman–Crippen LogP) is 3.08. The summed E-state index contributed by atoms with van der Waals surface area (Å²) in [6, 6.07) is -0.249. The van der Waals surface area contributed by atoms with Crippen LogP contribution in [0.2, 0.25) is 0 Å². The summed E-state index contributed by atoms with van der Waals surface area (Å²) >= 11 is 4.16. The van der Waals surface area contributed by atoms with Crippen molar-refractivity contribution in [2.24, 2.45) is 5.92 Å². The van der Waals surface area contributed by atoms with Crippen LogP contribution in [0.25, 0.3) is 0 Å². The monoisotopic (exact) mass is 330 g/mol. The number of quaternary nitrogens is 1. The van der Waals surface area contributed by atoms with Gasteiger partial charge in [-0.1, -0.05) is 19.3 Å². The zero-order chi connectivity index (χ0) is 16.3. The number of carbonyl (C=O) groups is 2. The van der Waals surface area contributed by atoms with Gasteiger partial charge in [-0.3, -0.25) is 0 Å². The van der Waals surface area contributed by atoms with Crippen molar-refractivity contribution in [2.45, 2.75) is 70.6 Å². The second-order valence-electron chi connectivity index (χ2n) is 6.86. The van der Waals surface area contributed by atoms with Gasteiger partial charge in [0.15, 0.2) is 0 Å². The third kappa shape index (κ3) is 3.34. The Labute approximate surface area is 138 Å². The van der Waals surface area contributed by atoms with Crippen molar-refractivity contribution in [2.75, 3.05) is 12.3 Å². The molecule has 0 aromatic carbocycles. The maximum atomic E-state index is 12.7. The molecule has 6 heteroatoms. The van der Waals surface area contributed by atoms with Crippen molar-refractivity contribution >= 4 is 24.6 Å². The number of thiol groups is 1. The summed E-state index contributed by atoms with van der Waals surface area (Å²) in [4.78, 5) is 24.6. The molecule has 2 amide bonds. The molecule has 1 aliphatic heterocycles. The van der Waals surface area contributed by atoms with Crippen LogP contribution >= 0.6 is 12.6 Å². The van der Waals surface area contributed by atoms with Crippen molar-refractivity contribution in [3.8, 4) is 0 Å². The van der Waals surface area contributed by atoms with Crippen molar-refractivity contribution in [3.63, 3.8) is 0 Å². The smallest absolute Gasteiger partial charge is 0.435 e. The minimum atomic E-state index is -1.05. The summed E-state index contributed by atoms with van der Waals surface area (Å²) < 4.78 is 5.64. The van der Waals surface area contributed by atoms with E-state index in [-0.39, 0.29) is 36.6 Å². The summed E-state index contributed by atoms with van der Waals surface area (Å²) in [7, 11) is 0. The zero-order valence-electron chi connectivity index (χ0n) is 13.5. The SMILES string of the molecule is CC(CS)C(=O)[N@@+]1(C(=O)O)C[C@@H](OC2CCCCC2)C[C@H]1C. The van der Waals surface area contributed by atoms with Crippen molar-refractivity contribution < 1.29 is 23.9 Å². The standard InChI is InChI=1S/C16H27NO4S/c1-11(10-22)15(18)17(16(19)20)9-14(8-12(17)2)21-13-6-4-3-5-7-13/h11-14H,3-10H2,1-2H3,(H-,19,20,22)/p+1/t11?,12-,14+,17-/m1/s1. The highest BCUT2D eigenvalue weighted by atomic mass is 32.1. The number of ether oxygens (including phenoxy) is 1. The molecule has 4 atom stereocenters. The molecule has 1 saturated heterocycles. The Bertz CT molecular complexity index is 424. The van der Waals surface area contributed by atoms with E-state index in [1.165, 1.54) is 19.3 Å². The third-order valence-corrected chi connectivity index (χ3v) is 5.76. The van der Waals surface area contributed by atoms with E-state index in [1.807, 2.05) is 6.92 Å². The van der Waals surface area contributed by atoms with E-state index in [9.17, 15) is 14.7 Å². The summed E-state index contributed by atoms with van der Waals surface area (Å²) in [5.74, 6) is -0.243. The van der Waals surface area contributed by atoms with Gasteiger partial charge in [0.2, 0.25) is 0 Å². The van der Waals surface area contributed by atoms with E-state index >= 15 is 0 Å². The number of imide groups is 1. The quantitative estimate of drug-likeness (QED) is 0.614. The Kier molecular flexibility index (Phi) is 5.91. The maximum Gasteiger partial charge on any atom is 0.521 e. The Balaban J connectivity index is 2.11. The van der Waals surface area contributed by atoms with E-state index in [0.29, 0.717) is 12.2 Å². The lowest BCUT2D eigenvalue weighted by Gasteiger charge is -2.31. The van der Waals surface area contributed by atoms with Crippen LogP contribution in [0.4, 0.5) is 4.79 Å². The molecule has 5 nitrogen and oxygen atoms in total. The van der Waals surface area contributed by atoms with Gasteiger partial charge in [0.25, 0.3) is 0 Å². The molecule has 1 N–H and O–H groups in total. The highest BCUT2D eigenvalue weighted by Gasteiger charge is 2.58. The van der Waals surface area contributed by atoms with E-state index < -0.39 is 10.6 Å². The normalized spacial score (nSPS) is 34.5. The summed E-state index contributed by atoms with van der Waals surface area (Å²) in [6.07, 6.45) is 5.41. The van der Waals surface area contributed by atoms with Gasteiger partial charge in [0, 0.05) is 12.2 Å². The number of nitrogens with zero attached hydrogens (tertiary/aromatic N) is 1. The van der Waals surface area contributed by atoms with Gasteiger partial charge in [0.05, 0.1) is 12.0 Å². The van der Waals surface area contributed by atoms with Crippen LogP contribution < -0.4 is 0 Å². The largest absolute Gasteiger partial charge is 0.521 e. The minimum absolute atomic E-state index is 0.134. The second kappa shape index (κ2) is 7.32. The van der Waals surface area contributed by atoms with Gasteiger partial charge in [-0.25, -0.2) is 4.79 Å². The maximum absolute atomic E-state index is 12.7. The molecule has 1 unspecified atom stereocenters. The lowest BCUT2D eigenvalue weighted by molar-refractivity contribution is -0.795. The molecule has 0 bridgehead atoms. The summed E-state index contributed by atoms with van der Waals surface area (Å²) in [5, 5.41) is 9.74. The first-order valence-corrected chi connectivity index (χ1v) is 8.97. The Hall–Kier alpha value is -0.590. The third-order valence-electron chi connectivity index (χ3n) is 5.22. The first-order valence-electron chi connectivity index (χ1n) is 8.33. The molecule has 0 spiro atoms. The molecule has 1 aliphatic carbocycles. The molecule has 0 aromatic rings. The number of rotatable bonds is 4. The molecule has 2 fully saturated rings. The molecule has 1 saturated carbocycles. The fourth-order valence-electron chi connectivity index (χ4n) is 3.85. The van der Waals surface area contributed by atoms with Crippen molar-refractivity contribution in [1.82, 2.24) is 0 Å². The molecule has 0 radical (unpaired) electrons. The molecule has 2 aliphatic rings. The Morgan fingerprint density at radius 3 is 2.45 bits per heavy atom. The lowest BCUT2D eigenvalue weighted by atomic mass is 9.97. The van der Waals surface area contributed by atoms with Crippen LogP contribution in [0.5, 0.6) is 0 Å². The Morgan fingerprint density at radius 1 is 1.27 bits per heavy atom. The average Bonchev–Trinajstić information content (AvgIpc) is 2.84. The molecule has 1 heterocycles. The van der Waals surface area contributed by atoms with Crippen LogP contribution in [-0.4, -0.2) is 52.1 Å². The van der Waals surface area contributed by atoms with E-state index in [2.05, 4.69) is 12.6 Å². The van der Waals surface area contributed by atoms with Gasteiger partial charge in [0.1, 0.15) is 18.7 Å². The lowest BCUT2D eigenvalue weighted by Crippen LogP contribution is -2.61. The molecule has 2 rings (SSSR count). The van der Waals surface area contributed by atoms with Crippen LogP contribution in [0.3, 0.4) is 0 Å². The van der Waals surface area contributed by atoms with Crippen LogP contribution in [0.15, 0.2) is 0 Å². The first kappa shape index (κ1) is 17.8. The zero-order valence-corrected chi connectivity index (χ0v) is 14.4. The topological polar surface area (TPSA) is 63.6 Å². The van der Waals surface area contributed by atoms with Gasteiger partial charge < -0.3 is 9.84 Å². The summed E-state index contributed by atoms with van der Waals surface area (Å²) in [6.45, 7) is 3.85. The van der Waals surface area contributed by atoms with E-state index in [1.54, 1.807) is 6.92 Å². The van der Waals surface area contributed by atoms with Crippen molar-refractivity contribution in [1.29, 1.82) is 0 Å². The van der Waals surface area contributed by atoms with Gasteiger partial charge in [-0.15, -0.1) is 0 Å². The number of hydrogen-bond acceptors (Lipinski definition) is 4. The average molecular weight is 330 g/mol. The van der Waals surface area contributed by atoms with E-state index in [0.717, 1.165) is 12.8 Å². The number of hydrogen-bond donors (Lipinski definition) is 2. The number of carboxylic acid groups (broad SMARTS) is 1. The van der Waals surface area contributed by atoms with E-state index in [4.69, 9.17) is 4.74 Å². The number of amides is 2. The molecular weight excluding hydrogens is 302 g/mol. The molecular formula is C16H28NO4S+. The molecule has 22 heavy (non-hydrogen) atoms. The highest BCUT2D eigenvalue weighted by Crippen LogP contribution is 2.34. The summed E-state index contributed by atoms with van der Waals surface area (Å²) in [5.41, 5.74) is 0. The minimum Gasteiger partial charge on any atom is -0.435 e. The molecule has 126 valence electrons. The predicted molar refractivity (Wildman–Crippen MR) is 87.0 cm³/mol.